The highest BCUT2D eigenvalue weighted by atomic mass is 32.1. The van der Waals surface area contributed by atoms with Gasteiger partial charge in [-0.15, -0.1) is 11.3 Å². The number of aryl methyl sites for hydroxylation is 2. The largest absolute Gasteiger partial charge is 0.282 e. The minimum atomic E-state index is 1.06. The summed E-state index contributed by atoms with van der Waals surface area (Å²) in [4.78, 5) is 1.26. The number of H-pyrrole nitrogens is 1. The van der Waals surface area contributed by atoms with E-state index in [-0.39, 0.29) is 0 Å². The molecule has 0 radical (unpaired) electrons. The maximum absolute atomic E-state index is 4.20. The average molecular weight is 178 g/mol. The Morgan fingerprint density at radius 3 is 2.75 bits per heavy atom. The van der Waals surface area contributed by atoms with Gasteiger partial charge in [0.1, 0.15) is 5.69 Å². The molecule has 0 aliphatic heterocycles. The fourth-order valence-corrected chi connectivity index (χ4v) is 2.06. The minimum Gasteiger partial charge on any atom is -0.282 e. The van der Waals surface area contributed by atoms with Gasteiger partial charge in [-0.25, -0.2) is 0 Å². The maximum Gasteiger partial charge on any atom is 0.103 e. The molecular weight excluding hydrogens is 168 g/mol. The first-order valence-corrected chi connectivity index (χ1v) is 4.72. The Hall–Kier alpha value is -1.09. The summed E-state index contributed by atoms with van der Waals surface area (Å²) in [6.07, 6.45) is 0. The van der Waals surface area contributed by atoms with Crippen LogP contribution in [0.5, 0.6) is 0 Å². The fraction of sp³-hybridized carbons (Fsp3) is 0.222. The molecule has 0 unspecified atom stereocenters. The van der Waals surface area contributed by atoms with E-state index in [4.69, 9.17) is 0 Å². The van der Waals surface area contributed by atoms with Crippen LogP contribution in [0, 0.1) is 13.8 Å². The molecule has 62 valence electrons. The van der Waals surface area contributed by atoms with Gasteiger partial charge in [0.25, 0.3) is 0 Å². The highest BCUT2D eigenvalue weighted by molar-refractivity contribution is 7.13. The molecule has 2 nitrogen and oxygen atoms in total. The van der Waals surface area contributed by atoms with Crippen LogP contribution >= 0.6 is 11.3 Å². The summed E-state index contributed by atoms with van der Waals surface area (Å²) in [5.41, 5.74) is 3.46. The van der Waals surface area contributed by atoms with Crippen LogP contribution in [-0.2, 0) is 0 Å². The SMILES string of the molecule is Cc1cc(-c2sccc2C)n[nH]1. The Morgan fingerprint density at radius 2 is 2.25 bits per heavy atom. The number of aromatic amines is 1. The van der Waals surface area contributed by atoms with Crippen molar-refractivity contribution in [2.75, 3.05) is 0 Å². The molecule has 2 aromatic rings. The predicted molar refractivity (Wildman–Crippen MR) is 51.4 cm³/mol. The van der Waals surface area contributed by atoms with Crippen molar-refractivity contribution in [3.8, 4) is 10.6 Å². The molecule has 0 atom stereocenters. The third-order valence-corrected chi connectivity index (χ3v) is 2.84. The normalized spacial score (nSPS) is 10.5. The van der Waals surface area contributed by atoms with Crippen molar-refractivity contribution in [1.82, 2.24) is 10.2 Å². The number of aromatic nitrogens is 2. The summed E-state index contributed by atoms with van der Waals surface area (Å²) < 4.78 is 0. The monoisotopic (exact) mass is 178 g/mol. The van der Waals surface area contributed by atoms with Crippen LogP contribution in [0.4, 0.5) is 0 Å². The summed E-state index contributed by atoms with van der Waals surface area (Å²) >= 11 is 1.73. The molecule has 2 aromatic heterocycles. The summed E-state index contributed by atoms with van der Waals surface area (Å²) in [5.74, 6) is 0. The Morgan fingerprint density at radius 1 is 1.42 bits per heavy atom. The van der Waals surface area contributed by atoms with E-state index in [1.807, 2.05) is 6.92 Å². The molecule has 12 heavy (non-hydrogen) atoms. The number of nitrogens with zero attached hydrogens (tertiary/aromatic N) is 1. The van der Waals surface area contributed by atoms with Gasteiger partial charge in [-0.2, -0.15) is 5.10 Å². The van der Waals surface area contributed by atoms with Crippen molar-refractivity contribution >= 4 is 11.3 Å². The third-order valence-electron chi connectivity index (χ3n) is 1.80. The van der Waals surface area contributed by atoms with Crippen LogP contribution in [0.3, 0.4) is 0 Å². The van der Waals surface area contributed by atoms with Gasteiger partial charge in [-0.1, -0.05) is 0 Å². The maximum atomic E-state index is 4.20. The Kier molecular flexibility index (Phi) is 1.73. The molecule has 0 amide bonds. The number of hydrogen-bond acceptors (Lipinski definition) is 2. The first-order chi connectivity index (χ1) is 5.77. The van der Waals surface area contributed by atoms with Gasteiger partial charge < -0.3 is 0 Å². The van der Waals surface area contributed by atoms with Crippen molar-refractivity contribution < 1.29 is 0 Å². The summed E-state index contributed by atoms with van der Waals surface area (Å²) in [6.45, 7) is 4.12. The van der Waals surface area contributed by atoms with E-state index in [1.165, 1.54) is 10.4 Å². The lowest BCUT2D eigenvalue weighted by Crippen LogP contribution is -1.74. The van der Waals surface area contributed by atoms with Gasteiger partial charge in [0.2, 0.25) is 0 Å². The van der Waals surface area contributed by atoms with Gasteiger partial charge >= 0.3 is 0 Å². The molecule has 0 aliphatic rings. The lowest BCUT2D eigenvalue weighted by molar-refractivity contribution is 1.05. The smallest absolute Gasteiger partial charge is 0.103 e. The minimum absolute atomic E-state index is 1.06. The molecule has 2 rings (SSSR count). The van der Waals surface area contributed by atoms with E-state index in [0.717, 1.165) is 11.4 Å². The van der Waals surface area contributed by atoms with Crippen molar-refractivity contribution in [2.45, 2.75) is 13.8 Å². The van der Waals surface area contributed by atoms with E-state index in [0.29, 0.717) is 0 Å². The van der Waals surface area contributed by atoms with E-state index in [2.05, 4.69) is 34.6 Å². The molecule has 2 heterocycles. The topological polar surface area (TPSA) is 28.7 Å². The quantitative estimate of drug-likeness (QED) is 0.714. The zero-order valence-corrected chi connectivity index (χ0v) is 7.90. The highest BCUT2D eigenvalue weighted by Gasteiger charge is 2.05. The second kappa shape index (κ2) is 2.75. The van der Waals surface area contributed by atoms with Gasteiger partial charge in [0.15, 0.2) is 0 Å². The Bertz CT molecular complexity index is 387. The average Bonchev–Trinajstić information content (AvgIpc) is 2.58. The molecule has 3 heteroatoms. The zero-order valence-electron chi connectivity index (χ0n) is 7.09. The lowest BCUT2D eigenvalue weighted by atomic mass is 10.2. The van der Waals surface area contributed by atoms with E-state index in [9.17, 15) is 0 Å². The van der Waals surface area contributed by atoms with E-state index >= 15 is 0 Å². The molecule has 0 aliphatic carbocycles. The molecule has 0 bridgehead atoms. The number of nitrogens with one attached hydrogen (secondary N) is 1. The van der Waals surface area contributed by atoms with Crippen molar-refractivity contribution in [3.05, 3.63) is 28.8 Å². The molecule has 0 aromatic carbocycles. The number of hydrogen-bond donors (Lipinski definition) is 1. The van der Waals surface area contributed by atoms with Gasteiger partial charge in [-0.05, 0) is 36.9 Å². The summed E-state index contributed by atoms with van der Waals surface area (Å²) in [7, 11) is 0. The summed E-state index contributed by atoms with van der Waals surface area (Å²) in [5, 5.41) is 9.24. The second-order valence-corrected chi connectivity index (χ2v) is 3.79. The molecule has 0 saturated carbocycles. The molecule has 0 fully saturated rings. The van der Waals surface area contributed by atoms with Crippen LogP contribution in [0.15, 0.2) is 17.5 Å². The van der Waals surface area contributed by atoms with Crippen molar-refractivity contribution in [2.24, 2.45) is 0 Å². The zero-order chi connectivity index (χ0) is 8.55. The van der Waals surface area contributed by atoms with Crippen LogP contribution in [-0.4, -0.2) is 10.2 Å². The third kappa shape index (κ3) is 1.16. The number of rotatable bonds is 1. The fourth-order valence-electron chi connectivity index (χ4n) is 1.17. The second-order valence-electron chi connectivity index (χ2n) is 2.87. The highest BCUT2D eigenvalue weighted by Crippen LogP contribution is 2.27. The predicted octanol–water partition coefficient (Wildman–Crippen LogP) is 2.76. The van der Waals surface area contributed by atoms with Crippen LogP contribution in [0.25, 0.3) is 10.6 Å². The molecule has 0 saturated heterocycles. The van der Waals surface area contributed by atoms with Gasteiger partial charge in [0, 0.05) is 5.69 Å². The van der Waals surface area contributed by atoms with Gasteiger partial charge in [-0.3, -0.25) is 5.10 Å². The first-order valence-electron chi connectivity index (χ1n) is 3.84. The molecule has 1 N–H and O–H groups in total. The Balaban J connectivity index is 2.50. The van der Waals surface area contributed by atoms with Crippen molar-refractivity contribution in [3.63, 3.8) is 0 Å². The van der Waals surface area contributed by atoms with Crippen LogP contribution in [0.1, 0.15) is 11.3 Å². The molecular formula is C9H10N2S. The molecule has 0 spiro atoms. The first kappa shape index (κ1) is 7.55. The standard InChI is InChI=1S/C9H10N2S/c1-6-3-4-12-9(6)8-5-7(2)10-11-8/h3-5H,1-2H3,(H,10,11). The number of thiophene rings is 1. The van der Waals surface area contributed by atoms with Crippen LogP contribution < -0.4 is 0 Å². The lowest BCUT2D eigenvalue weighted by Gasteiger charge is -1.90. The summed E-state index contributed by atoms with van der Waals surface area (Å²) in [6, 6.07) is 4.18. The van der Waals surface area contributed by atoms with Crippen LogP contribution in [0.2, 0.25) is 0 Å². The van der Waals surface area contributed by atoms with Crippen molar-refractivity contribution in [1.29, 1.82) is 0 Å². The van der Waals surface area contributed by atoms with E-state index in [1.54, 1.807) is 11.3 Å². The van der Waals surface area contributed by atoms with Gasteiger partial charge in [0.05, 0.1) is 4.88 Å². The van der Waals surface area contributed by atoms with E-state index < -0.39 is 0 Å². The Labute approximate surface area is 75.3 Å².